The van der Waals surface area contributed by atoms with Gasteiger partial charge in [-0.25, -0.2) is 27.6 Å². The van der Waals surface area contributed by atoms with Crippen LogP contribution in [-0.2, 0) is 35.3 Å². The summed E-state index contributed by atoms with van der Waals surface area (Å²) in [5.41, 5.74) is 5.92. The first-order valence-electron chi connectivity index (χ1n) is 35.1. The Bertz CT molecular complexity index is 3440. The van der Waals surface area contributed by atoms with Gasteiger partial charge in [-0.05, 0) is 251 Å². The van der Waals surface area contributed by atoms with E-state index in [-0.39, 0.29) is 77.2 Å². The van der Waals surface area contributed by atoms with Crippen molar-refractivity contribution >= 4 is 47.0 Å². The first kappa shape index (κ1) is 65.7. The number of halogens is 3. The van der Waals surface area contributed by atoms with Gasteiger partial charge in [0.2, 0.25) is 0 Å². The van der Waals surface area contributed by atoms with E-state index in [0.717, 1.165) is 194 Å². The Labute approximate surface area is 554 Å². The number of methoxy groups -OCH3 is 1. The van der Waals surface area contributed by atoms with E-state index in [2.05, 4.69) is 31.8 Å². The summed E-state index contributed by atoms with van der Waals surface area (Å²) < 4.78 is 58.1. The fourth-order valence-corrected chi connectivity index (χ4v) is 18.8. The lowest BCUT2D eigenvalue weighted by molar-refractivity contribution is -0.115. The van der Waals surface area contributed by atoms with Crippen molar-refractivity contribution in [1.82, 2.24) is 24.5 Å². The van der Waals surface area contributed by atoms with E-state index in [1.54, 1.807) is 47.1 Å². The van der Waals surface area contributed by atoms with Crippen molar-refractivity contribution in [3.05, 3.63) is 137 Å². The molecule has 9 aliphatic heterocycles. The van der Waals surface area contributed by atoms with E-state index in [1.165, 1.54) is 44.7 Å². The normalized spacial score (nSPS) is 26.2. The Balaban J connectivity index is 0.000000137. The standard InChI is InChI=1S/C27H32FN3O3.C25H34FN3O4.C23H29FN2O.H2/c1-2-34-26(33)30-14-10-22(11-15-30)29-16-12-27(13-17-29)19-31(24-9-8-21(28)18-23(24)27)25(32)20-6-4-3-5-7-20;1-3-12-33-24(31)29-18-5-6-19(29)15-20(14-18)27-10-8-25(9-11-27)16-28(23(30)32-2)22-7-4-17(26)13-21(22)25;1-16(27)13-26-15-23(21-12-20(24)4-5-22(21)26)6-8-25(9-7-23)14-19-11-17-2-3-18(19)10-17;/h3-9,18,22H,2,10-17,19H2,1H3;4,7,13,18-20H,3,5-6,8-12,14-16H2,1-2H3;2-5,12,17-19H,6-11,13-15H2,1H3;1H/t;;17-,18-,19+;/m..1./s1. The zero-order chi connectivity index (χ0) is 65.5. The maximum Gasteiger partial charge on any atom is 0.414 e. The quantitative estimate of drug-likeness (QED) is 0.110. The highest BCUT2D eigenvalue weighted by molar-refractivity contribution is 6.07. The summed E-state index contributed by atoms with van der Waals surface area (Å²) in [5, 5.41) is 0. The minimum absolute atomic E-state index is 0. The molecule has 506 valence electrons. The monoisotopic (exact) mass is 1290 g/mol. The number of amides is 4. The molecule has 4 bridgehead atoms. The summed E-state index contributed by atoms with van der Waals surface area (Å²) in [5.74, 6) is 1.94. The highest BCUT2D eigenvalue weighted by atomic mass is 19.1. The predicted molar refractivity (Wildman–Crippen MR) is 358 cm³/mol. The lowest BCUT2D eigenvalue weighted by Crippen LogP contribution is -2.55. The van der Waals surface area contributed by atoms with Gasteiger partial charge in [0.15, 0.2) is 0 Å². The molecule has 2 aliphatic carbocycles. The van der Waals surface area contributed by atoms with Gasteiger partial charge >= 0.3 is 18.3 Å². The van der Waals surface area contributed by atoms with E-state index in [9.17, 15) is 37.1 Å². The van der Waals surface area contributed by atoms with Gasteiger partial charge in [0.1, 0.15) is 23.2 Å². The van der Waals surface area contributed by atoms with Crippen molar-refractivity contribution < 1.29 is 52.8 Å². The summed E-state index contributed by atoms with van der Waals surface area (Å²) in [7, 11) is 1.39. The molecule has 4 aromatic carbocycles. The molecule has 1 saturated carbocycles. The Morgan fingerprint density at radius 3 is 1.64 bits per heavy atom. The second-order valence-electron chi connectivity index (χ2n) is 29.1. The summed E-state index contributed by atoms with van der Waals surface area (Å²) in [6, 6.07) is 25.5. The van der Waals surface area contributed by atoms with Gasteiger partial charge in [-0.1, -0.05) is 37.3 Å². The number of fused-ring (bicyclic) bond motifs is 10. The summed E-state index contributed by atoms with van der Waals surface area (Å²) in [4.78, 5) is 79.2. The first-order valence-corrected chi connectivity index (χ1v) is 35.1. The number of allylic oxidation sites excluding steroid dienone is 2. The molecule has 4 aromatic rings. The number of hydrogen-bond donors (Lipinski definition) is 0. The molecule has 2 unspecified atom stereocenters. The van der Waals surface area contributed by atoms with Crippen molar-refractivity contribution in [2.24, 2.45) is 17.8 Å². The number of benzene rings is 4. The number of carbonyl (C=O) groups excluding carboxylic acids is 5. The molecule has 3 spiro atoms. The summed E-state index contributed by atoms with van der Waals surface area (Å²) >= 11 is 0. The number of nitrogens with zero attached hydrogens (tertiary/aromatic N) is 8. The fourth-order valence-electron chi connectivity index (χ4n) is 18.8. The van der Waals surface area contributed by atoms with Crippen LogP contribution < -0.4 is 14.7 Å². The van der Waals surface area contributed by atoms with Crippen LogP contribution >= 0.6 is 0 Å². The van der Waals surface area contributed by atoms with E-state index in [0.29, 0.717) is 50.5 Å². The largest absolute Gasteiger partial charge is 0.452 e. The van der Waals surface area contributed by atoms with Gasteiger partial charge in [0.05, 0.1) is 32.6 Å². The lowest BCUT2D eigenvalue weighted by Gasteiger charge is -2.47. The fraction of sp³-hybridized carbons (Fsp3) is 0.587. The lowest BCUT2D eigenvalue weighted by atomic mass is 9.73. The zero-order valence-electron chi connectivity index (χ0n) is 55.5. The number of piperidine rings is 5. The smallest absolute Gasteiger partial charge is 0.414 e. The molecular formula is C75H97F3N8O8. The molecule has 16 nitrogen and oxygen atoms in total. The number of ketones is 1. The third-order valence-electron chi connectivity index (χ3n) is 23.6. The third kappa shape index (κ3) is 13.1. The molecule has 9 heterocycles. The average Bonchev–Trinajstić information content (AvgIpc) is 1.61. The van der Waals surface area contributed by atoms with Crippen molar-refractivity contribution in [2.75, 3.05) is 120 Å². The summed E-state index contributed by atoms with van der Waals surface area (Å²) in [6.45, 7) is 17.3. The molecule has 11 aliphatic rings. The SMILES string of the molecule is CC(=O)CN1CC2(CCN(C[C@@H]3C[C@@H]4C=C[C@@H]3C4)CC2)c2cc(F)ccc21.CCCOC(=O)N1C2CCC1CC(N1CCC3(CC1)CN(C(=O)OC)c1ccc(F)cc13)C2.CCOC(=O)N1CCC(N2CCC3(CC2)CN(C(=O)c2ccccc2)c2ccc(F)cc23)CC1.[HH]. The number of rotatable bonds is 10. The molecule has 6 saturated heterocycles. The molecule has 7 fully saturated rings. The predicted octanol–water partition coefficient (Wildman–Crippen LogP) is 12.8. The highest BCUT2D eigenvalue weighted by Crippen LogP contribution is 2.52. The maximum absolute atomic E-state index is 14.3. The van der Waals surface area contributed by atoms with Crippen LogP contribution in [0.4, 0.5) is 44.6 Å². The van der Waals surface area contributed by atoms with Crippen LogP contribution in [0, 0.1) is 35.2 Å². The van der Waals surface area contributed by atoms with Crippen LogP contribution in [0.15, 0.2) is 97.1 Å². The number of hydrogen-bond acceptors (Lipinski definition) is 12. The third-order valence-corrected chi connectivity index (χ3v) is 23.6. The molecule has 5 atom stereocenters. The second-order valence-corrected chi connectivity index (χ2v) is 29.1. The number of anilines is 3. The van der Waals surface area contributed by atoms with Gasteiger partial charge < -0.3 is 48.5 Å². The van der Waals surface area contributed by atoms with Crippen LogP contribution in [0.3, 0.4) is 0 Å². The minimum Gasteiger partial charge on any atom is -0.452 e. The van der Waals surface area contributed by atoms with E-state index in [4.69, 9.17) is 14.2 Å². The van der Waals surface area contributed by atoms with E-state index < -0.39 is 0 Å². The Hall–Kier alpha value is -6.96. The maximum atomic E-state index is 14.3. The van der Waals surface area contributed by atoms with Gasteiger partial charge in [-0.3, -0.25) is 14.5 Å². The van der Waals surface area contributed by atoms with E-state index in [1.807, 2.05) is 60.0 Å². The zero-order valence-corrected chi connectivity index (χ0v) is 55.5. The molecule has 0 N–H and O–H groups in total. The molecule has 15 rings (SSSR count). The van der Waals surface area contributed by atoms with Crippen LogP contribution in [0.1, 0.15) is 146 Å². The number of Topliss-reactive ketones (excluding diaryl/α,β-unsaturated/α-hetero) is 1. The molecule has 4 amide bonds. The van der Waals surface area contributed by atoms with Gasteiger partial charge in [0, 0.05) is 98.0 Å². The molecular weight excluding hydrogens is 1200 g/mol. The number of carbonyl (C=O) groups is 5. The first-order chi connectivity index (χ1) is 45.5. The second kappa shape index (κ2) is 27.6. The Morgan fingerprint density at radius 1 is 0.553 bits per heavy atom. The minimum atomic E-state index is -0.388. The Morgan fingerprint density at radius 2 is 1.10 bits per heavy atom. The summed E-state index contributed by atoms with van der Waals surface area (Å²) in [6.07, 6.45) is 19.3. The van der Waals surface area contributed by atoms with Crippen LogP contribution in [-0.4, -0.2) is 184 Å². The molecule has 0 radical (unpaired) electrons. The highest BCUT2D eigenvalue weighted by Gasteiger charge is 2.52. The van der Waals surface area contributed by atoms with Crippen LogP contribution in [0.5, 0.6) is 0 Å². The Kier molecular flexibility index (Phi) is 19.3. The van der Waals surface area contributed by atoms with Gasteiger partial charge in [-0.2, -0.15) is 0 Å². The topological polar surface area (TPSA) is 139 Å². The van der Waals surface area contributed by atoms with Crippen LogP contribution in [0.2, 0.25) is 0 Å². The van der Waals surface area contributed by atoms with Crippen molar-refractivity contribution in [1.29, 1.82) is 0 Å². The van der Waals surface area contributed by atoms with Gasteiger partial charge in [-0.15, -0.1) is 0 Å². The van der Waals surface area contributed by atoms with Crippen LogP contribution in [0.25, 0.3) is 0 Å². The number of likely N-dealkylation sites (tertiary alicyclic amines) is 4. The van der Waals surface area contributed by atoms with Crippen molar-refractivity contribution in [3.63, 3.8) is 0 Å². The average molecular weight is 1300 g/mol. The molecule has 19 heteroatoms. The van der Waals surface area contributed by atoms with E-state index >= 15 is 0 Å². The number of ether oxygens (including phenoxy) is 3. The molecule has 0 aromatic heterocycles. The van der Waals surface area contributed by atoms with Crippen molar-refractivity contribution in [2.45, 2.75) is 157 Å². The van der Waals surface area contributed by atoms with Gasteiger partial charge in [0.25, 0.3) is 5.91 Å². The van der Waals surface area contributed by atoms with Crippen molar-refractivity contribution in [3.8, 4) is 0 Å². The molecule has 94 heavy (non-hydrogen) atoms.